The van der Waals surface area contributed by atoms with Crippen molar-refractivity contribution in [2.24, 2.45) is 0 Å². The second-order valence-corrected chi connectivity index (χ2v) is 5.88. The summed E-state index contributed by atoms with van der Waals surface area (Å²) in [6.45, 7) is 1.47. The van der Waals surface area contributed by atoms with Gasteiger partial charge in [-0.1, -0.05) is 23.5 Å². The summed E-state index contributed by atoms with van der Waals surface area (Å²) in [7, 11) is 0. The third-order valence-corrected chi connectivity index (χ3v) is 4.04. The highest BCUT2D eigenvalue weighted by Crippen LogP contribution is 2.29. The van der Waals surface area contributed by atoms with Crippen molar-refractivity contribution in [1.29, 1.82) is 0 Å². The molecule has 1 fully saturated rings. The van der Waals surface area contributed by atoms with Gasteiger partial charge in [0.1, 0.15) is 5.75 Å². The average molecular weight is 302 g/mol. The molecule has 1 aromatic carbocycles. The fourth-order valence-electron chi connectivity index (χ4n) is 1.78. The number of thiazole rings is 1. The zero-order chi connectivity index (χ0) is 14.8. The van der Waals surface area contributed by atoms with Crippen LogP contribution in [0.4, 0.5) is 5.13 Å². The van der Waals surface area contributed by atoms with Crippen LogP contribution < -0.4 is 10.1 Å². The van der Waals surface area contributed by atoms with Crippen LogP contribution in [0.1, 0.15) is 39.8 Å². The summed E-state index contributed by atoms with van der Waals surface area (Å²) < 4.78 is 5.73. The number of aromatic nitrogens is 1. The second kappa shape index (κ2) is 5.65. The normalized spacial score (nSPS) is 13.8. The van der Waals surface area contributed by atoms with Crippen molar-refractivity contribution in [3.8, 4) is 5.75 Å². The molecule has 6 heteroatoms. The Morgan fingerprint density at radius 2 is 2.10 bits per heavy atom. The quantitative estimate of drug-likeness (QED) is 0.862. The summed E-state index contributed by atoms with van der Waals surface area (Å²) in [5, 5.41) is 3.11. The summed E-state index contributed by atoms with van der Waals surface area (Å²) in [6.07, 6.45) is 3.76. The van der Waals surface area contributed by atoms with Gasteiger partial charge in [-0.3, -0.25) is 14.9 Å². The molecule has 0 atom stereocenters. The number of amides is 1. The van der Waals surface area contributed by atoms with Gasteiger partial charge in [0.25, 0.3) is 5.91 Å². The fraction of sp³-hybridized carbons (Fsp3) is 0.267. The highest BCUT2D eigenvalue weighted by atomic mass is 32.1. The van der Waals surface area contributed by atoms with E-state index in [9.17, 15) is 9.59 Å². The molecule has 108 valence electrons. The molecule has 0 radical (unpaired) electrons. The van der Waals surface area contributed by atoms with E-state index in [0.29, 0.717) is 21.3 Å². The molecule has 2 aromatic rings. The van der Waals surface area contributed by atoms with Crippen molar-refractivity contribution in [2.45, 2.75) is 25.9 Å². The number of hydrogen-bond donors (Lipinski definition) is 1. The smallest absolute Gasteiger partial charge is 0.261 e. The number of para-hydroxylation sites is 1. The molecule has 1 amide bonds. The van der Waals surface area contributed by atoms with Gasteiger partial charge in [-0.05, 0) is 25.0 Å². The third-order valence-electron chi connectivity index (χ3n) is 3.02. The van der Waals surface area contributed by atoms with Gasteiger partial charge in [0.15, 0.2) is 10.9 Å². The van der Waals surface area contributed by atoms with E-state index in [-0.39, 0.29) is 17.8 Å². The van der Waals surface area contributed by atoms with Crippen LogP contribution in [0, 0.1) is 0 Å². The van der Waals surface area contributed by atoms with E-state index in [2.05, 4.69) is 10.3 Å². The average Bonchev–Trinajstić information content (AvgIpc) is 3.15. The highest BCUT2D eigenvalue weighted by molar-refractivity contribution is 7.17. The molecular formula is C15H14N2O3S. The minimum absolute atomic E-state index is 0.0644. The number of ketones is 1. The van der Waals surface area contributed by atoms with Gasteiger partial charge in [0.2, 0.25) is 0 Å². The molecule has 5 nitrogen and oxygen atoms in total. The molecule has 0 aliphatic heterocycles. The molecule has 1 saturated carbocycles. The molecule has 1 aromatic heterocycles. The van der Waals surface area contributed by atoms with Gasteiger partial charge < -0.3 is 4.74 Å². The number of carbonyl (C=O) groups is 2. The number of nitrogens with one attached hydrogen (secondary N) is 1. The topological polar surface area (TPSA) is 68.3 Å². The SMILES string of the molecule is CC(=O)c1cnc(NC(=O)c2ccccc2OC2CC2)s1. The third kappa shape index (κ3) is 3.28. The van der Waals surface area contributed by atoms with Gasteiger partial charge in [0, 0.05) is 6.92 Å². The Bertz CT molecular complexity index is 692. The van der Waals surface area contributed by atoms with Crippen LogP contribution in [-0.4, -0.2) is 22.8 Å². The van der Waals surface area contributed by atoms with Gasteiger partial charge in [-0.2, -0.15) is 0 Å². The molecule has 0 saturated heterocycles. The monoisotopic (exact) mass is 302 g/mol. The maximum absolute atomic E-state index is 12.3. The van der Waals surface area contributed by atoms with Gasteiger partial charge in [-0.15, -0.1) is 0 Å². The van der Waals surface area contributed by atoms with E-state index in [1.165, 1.54) is 13.1 Å². The number of anilines is 1. The lowest BCUT2D eigenvalue weighted by Crippen LogP contribution is -2.13. The molecule has 0 bridgehead atoms. The fourth-order valence-corrected chi connectivity index (χ4v) is 2.49. The predicted octanol–water partition coefficient (Wildman–Crippen LogP) is 3.14. The first-order valence-electron chi connectivity index (χ1n) is 6.67. The minimum atomic E-state index is -0.282. The van der Waals surface area contributed by atoms with Crippen LogP contribution >= 0.6 is 11.3 Å². The Hall–Kier alpha value is -2.21. The zero-order valence-corrected chi connectivity index (χ0v) is 12.3. The van der Waals surface area contributed by atoms with E-state index >= 15 is 0 Å². The molecule has 0 unspecified atom stereocenters. The largest absolute Gasteiger partial charge is 0.490 e. The molecule has 1 aliphatic rings. The van der Waals surface area contributed by atoms with Crippen LogP contribution in [0.25, 0.3) is 0 Å². The van der Waals surface area contributed by atoms with E-state index in [4.69, 9.17) is 4.74 Å². The first-order valence-corrected chi connectivity index (χ1v) is 7.49. The number of carbonyl (C=O) groups excluding carboxylic acids is 2. The van der Waals surface area contributed by atoms with Crippen molar-refractivity contribution in [2.75, 3.05) is 5.32 Å². The lowest BCUT2D eigenvalue weighted by Gasteiger charge is -2.09. The lowest BCUT2D eigenvalue weighted by atomic mass is 10.2. The number of ether oxygens (including phenoxy) is 1. The van der Waals surface area contributed by atoms with Crippen LogP contribution in [-0.2, 0) is 0 Å². The lowest BCUT2D eigenvalue weighted by molar-refractivity contribution is 0.101. The van der Waals surface area contributed by atoms with Crippen molar-refractivity contribution < 1.29 is 14.3 Å². The molecule has 1 heterocycles. The molecule has 1 N–H and O–H groups in total. The van der Waals surface area contributed by atoms with Crippen LogP contribution in [0.15, 0.2) is 30.5 Å². The zero-order valence-electron chi connectivity index (χ0n) is 11.5. The Balaban J connectivity index is 1.76. The Labute approximate surface area is 126 Å². The van der Waals surface area contributed by atoms with Crippen LogP contribution in [0.2, 0.25) is 0 Å². The van der Waals surface area contributed by atoms with E-state index in [0.717, 1.165) is 24.2 Å². The molecule has 0 spiro atoms. The number of benzene rings is 1. The van der Waals surface area contributed by atoms with E-state index in [1.807, 2.05) is 6.07 Å². The maximum Gasteiger partial charge on any atom is 0.261 e. The Kier molecular flexibility index (Phi) is 3.70. The maximum atomic E-state index is 12.3. The number of Topliss-reactive ketones (excluding diaryl/α,β-unsaturated/α-hetero) is 1. The van der Waals surface area contributed by atoms with E-state index < -0.39 is 0 Å². The summed E-state index contributed by atoms with van der Waals surface area (Å²) in [4.78, 5) is 28.1. The van der Waals surface area contributed by atoms with Gasteiger partial charge in [-0.25, -0.2) is 4.98 Å². The number of nitrogens with zero attached hydrogens (tertiary/aromatic N) is 1. The van der Waals surface area contributed by atoms with E-state index in [1.54, 1.807) is 18.2 Å². The molecule has 1 aliphatic carbocycles. The molecule has 3 rings (SSSR count). The molecule has 21 heavy (non-hydrogen) atoms. The van der Waals surface area contributed by atoms with Gasteiger partial charge in [0.05, 0.1) is 22.7 Å². The first kappa shape index (κ1) is 13.8. The minimum Gasteiger partial charge on any atom is -0.490 e. The Morgan fingerprint density at radius 1 is 1.33 bits per heavy atom. The Morgan fingerprint density at radius 3 is 2.76 bits per heavy atom. The summed E-state index contributed by atoms with van der Waals surface area (Å²) in [6, 6.07) is 7.13. The standard InChI is InChI=1S/C15H14N2O3S/c1-9(18)13-8-16-15(21-13)17-14(19)11-4-2-3-5-12(11)20-10-6-7-10/h2-5,8,10H,6-7H2,1H3,(H,16,17,19). The first-order chi connectivity index (χ1) is 10.1. The van der Waals surface area contributed by atoms with Crippen molar-refractivity contribution in [3.63, 3.8) is 0 Å². The number of hydrogen-bond acceptors (Lipinski definition) is 5. The highest BCUT2D eigenvalue weighted by Gasteiger charge is 2.25. The van der Waals surface area contributed by atoms with Crippen molar-refractivity contribution in [3.05, 3.63) is 40.9 Å². The van der Waals surface area contributed by atoms with Gasteiger partial charge >= 0.3 is 0 Å². The summed E-state index contributed by atoms with van der Waals surface area (Å²) >= 11 is 1.16. The summed E-state index contributed by atoms with van der Waals surface area (Å²) in [5.74, 6) is 0.238. The number of rotatable bonds is 5. The second-order valence-electron chi connectivity index (χ2n) is 4.85. The van der Waals surface area contributed by atoms with Crippen molar-refractivity contribution >= 4 is 28.2 Å². The van der Waals surface area contributed by atoms with Crippen molar-refractivity contribution in [1.82, 2.24) is 4.98 Å². The van der Waals surface area contributed by atoms with Crippen LogP contribution in [0.5, 0.6) is 5.75 Å². The summed E-state index contributed by atoms with van der Waals surface area (Å²) in [5.41, 5.74) is 0.476. The molecular weight excluding hydrogens is 288 g/mol. The predicted molar refractivity (Wildman–Crippen MR) is 80.2 cm³/mol. The van der Waals surface area contributed by atoms with Crippen LogP contribution in [0.3, 0.4) is 0 Å².